The average molecular weight is 443 g/mol. The summed E-state index contributed by atoms with van der Waals surface area (Å²) in [7, 11) is -4.30. The van der Waals surface area contributed by atoms with Gasteiger partial charge in [0.2, 0.25) is 0 Å². The van der Waals surface area contributed by atoms with Crippen molar-refractivity contribution < 1.29 is 35.2 Å². The predicted octanol–water partition coefficient (Wildman–Crippen LogP) is 3.03. The summed E-state index contributed by atoms with van der Waals surface area (Å²) in [4.78, 5) is 2.37. The third kappa shape index (κ3) is 2.37. The van der Waals surface area contributed by atoms with Crippen molar-refractivity contribution in [2.75, 3.05) is 20.2 Å². The van der Waals surface area contributed by atoms with Crippen molar-refractivity contribution in [3.63, 3.8) is 0 Å². The molecule has 1 aromatic rings. The number of piperidine rings is 1. The van der Waals surface area contributed by atoms with E-state index < -0.39 is 32.9 Å². The van der Waals surface area contributed by atoms with E-state index in [1.807, 2.05) is 12.2 Å². The Labute approximate surface area is 172 Å². The first kappa shape index (κ1) is 19.7. The Morgan fingerprint density at radius 1 is 1.30 bits per heavy atom. The van der Waals surface area contributed by atoms with E-state index in [-0.39, 0.29) is 11.8 Å². The van der Waals surface area contributed by atoms with Gasteiger partial charge >= 0.3 is 15.6 Å². The number of halogens is 3. The summed E-state index contributed by atoms with van der Waals surface area (Å²) in [6, 6.07) is 3.05. The summed E-state index contributed by atoms with van der Waals surface area (Å²) in [5.41, 5.74) is -3.34. The molecule has 2 bridgehead atoms. The van der Waals surface area contributed by atoms with Gasteiger partial charge in [-0.1, -0.05) is 19.1 Å². The van der Waals surface area contributed by atoms with E-state index in [0.29, 0.717) is 18.6 Å². The number of alkyl halides is 3. The summed E-state index contributed by atoms with van der Waals surface area (Å²) >= 11 is 0. The topological polar surface area (TPSA) is 65.1 Å². The highest BCUT2D eigenvalue weighted by molar-refractivity contribution is 7.88. The number of ether oxygens (including phenoxy) is 2. The summed E-state index contributed by atoms with van der Waals surface area (Å²) in [5.74, 6) is 0.168. The molecule has 6 nitrogen and oxygen atoms in total. The van der Waals surface area contributed by atoms with Gasteiger partial charge in [0.15, 0.2) is 17.6 Å². The van der Waals surface area contributed by atoms with Crippen LogP contribution in [0.3, 0.4) is 0 Å². The Balaban J connectivity index is 1.71. The molecule has 0 aromatic heterocycles. The van der Waals surface area contributed by atoms with Gasteiger partial charge < -0.3 is 13.7 Å². The van der Waals surface area contributed by atoms with Crippen LogP contribution in [0.15, 0.2) is 35.6 Å². The molecular weight excluding hydrogens is 423 g/mol. The fourth-order valence-corrected chi connectivity index (χ4v) is 5.91. The van der Waals surface area contributed by atoms with Crippen molar-refractivity contribution in [2.45, 2.75) is 42.8 Å². The van der Waals surface area contributed by atoms with Crippen LogP contribution in [-0.2, 0) is 26.7 Å². The first-order valence-electron chi connectivity index (χ1n) is 9.68. The molecule has 0 saturated carbocycles. The lowest BCUT2D eigenvalue weighted by atomic mass is 9.57. The van der Waals surface area contributed by atoms with Gasteiger partial charge in [0, 0.05) is 18.2 Å². The van der Waals surface area contributed by atoms with Crippen molar-refractivity contribution in [2.24, 2.45) is 0 Å². The van der Waals surface area contributed by atoms with Gasteiger partial charge in [-0.2, -0.15) is 21.6 Å². The molecule has 5 rings (SSSR count). The van der Waals surface area contributed by atoms with E-state index in [0.717, 1.165) is 29.8 Å². The van der Waals surface area contributed by atoms with Gasteiger partial charge in [-0.05, 0) is 42.7 Å². The van der Waals surface area contributed by atoms with E-state index >= 15 is 0 Å². The Hall–Kier alpha value is -2.20. The van der Waals surface area contributed by atoms with Crippen LogP contribution in [-0.4, -0.2) is 51.2 Å². The summed E-state index contributed by atoms with van der Waals surface area (Å²) < 4.78 is 78.2. The summed E-state index contributed by atoms with van der Waals surface area (Å²) in [6.45, 7) is 3.76. The van der Waals surface area contributed by atoms with Crippen LogP contribution in [0.5, 0.6) is 11.5 Å². The fraction of sp³-hybridized carbons (Fsp3) is 0.500. The maximum Gasteiger partial charge on any atom is 0.534 e. The fourth-order valence-electron chi connectivity index (χ4n) is 5.45. The van der Waals surface area contributed by atoms with E-state index in [2.05, 4.69) is 16.0 Å². The van der Waals surface area contributed by atoms with Crippen molar-refractivity contribution >= 4 is 10.1 Å². The first-order valence-corrected chi connectivity index (χ1v) is 11.1. The van der Waals surface area contributed by atoms with Gasteiger partial charge in [-0.3, -0.25) is 4.90 Å². The number of allylic oxidation sites excluding steroid dienone is 2. The summed E-state index contributed by atoms with van der Waals surface area (Å²) in [6.07, 6.45) is 4.63. The van der Waals surface area contributed by atoms with Gasteiger partial charge in [0.05, 0.1) is 12.5 Å². The Morgan fingerprint density at radius 3 is 2.73 bits per heavy atom. The highest BCUT2D eigenvalue weighted by Crippen LogP contribution is 2.62. The highest BCUT2D eigenvalue weighted by atomic mass is 32.2. The minimum Gasteiger partial charge on any atom is -0.497 e. The van der Waals surface area contributed by atoms with Crippen LogP contribution in [0.1, 0.15) is 24.5 Å². The number of likely N-dealkylation sites (tertiary alicyclic amines) is 1. The van der Waals surface area contributed by atoms with E-state index in [9.17, 15) is 21.6 Å². The molecule has 1 saturated heterocycles. The van der Waals surface area contributed by atoms with Crippen LogP contribution in [0.4, 0.5) is 13.2 Å². The lowest BCUT2D eigenvalue weighted by Gasteiger charge is -2.53. The molecule has 4 aliphatic rings. The molecule has 2 aliphatic carbocycles. The second-order valence-corrected chi connectivity index (χ2v) is 9.41. The van der Waals surface area contributed by atoms with Gasteiger partial charge in [-0.15, -0.1) is 0 Å². The Bertz CT molecular complexity index is 1090. The zero-order chi connectivity index (χ0) is 21.5. The Morgan fingerprint density at radius 2 is 2.07 bits per heavy atom. The lowest BCUT2D eigenvalue weighted by molar-refractivity contribution is -0.0500. The maximum atomic E-state index is 12.9. The molecule has 2 heterocycles. The SMILES string of the molecule is CCN1CC[C@@]23C4=CC=C(OC)[C@@H]2Oc2c(OS(=O)(=O)C(F)(F)F)ccc(c23)C[C@H]41. The van der Waals surface area contributed by atoms with E-state index in [4.69, 9.17) is 9.47 Å². The number of likely N-dealkylation sites (N-methyl/N-ethyl adjacent to an activating group) is 1. The number of nitrogens with zero attached hydrogens (tertiary/aromatic N) is 1. The number of methoxy groups -OCH3 is 1. The van der Waals surface area contributed by atoms with Gasteiger partial charge in [0.1, 0.15) is 5.76 Å². The van der Waals surface area contributed by atoms with Crippen LogP contribution in [0.2, 0.25) is 0 Å². The molecule has 0 amide bonds. The smallest absolute Gasteiger partial charge is 0.497 e. The quantitative estimate of drug-likeness (QED) is 0.527. The largest absolute Gasteiger partial charge is 0.534 e. The van der Waals surface area contributed by atoms with Crippen LogP contribution in [0.25, 0.3) is 0 Å². The van der Waals surface area contributed by atoms with E-state index in [1.54, 1.807) is 6.07 Å². The van der Waals surface area contributed by atoms with Gasteiger partial charge in [0.25, 0.3) is 0 Å². The number of rotatable bonds is 4. The minimum atomic E-state index is -5.82. The number of hydrogen-bond acceptors (Lipinski definition) is 6. The molecule has 2 aliphatic heterocycles. The molecule has 0 unspecified atom stereocenters. The molecule has 10 heteroatoms. The van der Waals surface area contributed by atoms with Gasteiger partial charge in [-0.25, -0.2) is 0 Å². The van der Waals surface area contributed by atoms with Crippen molar-refractivity contribution in [1.29, 1.82) is 0 Å². The molecular formula is C20H20F3NO5S. The molecule has 1 fully saturated rings. The summed E-state index contributed by atoms with van der Waals surface area (Å²) in [5, 5.41) is 0. The normalized spacial score (nSPS) is 29.5. The van der Waals surface area contributed by atoms with E-state index in [1.165, 1.54) is 13.2 Å². The zero-order valence-electron chi connectivity index (χ0n) is 16.3. The predicted molar refractivity (Wildman–Crippen MR) is 101 cm³/mol. The molecule has 3 atom stereocenters. The second-order valence-electron chi connectivity index (χ2n) is 7.87. The minimum absolute atomic E-state index is 0.0597. The molecule has 1 spiro atoms. The van der Waals surface area contributed by atoms with Crippen LogP contribution in [0, 0.1) is 0 Å². The molecule has 0 radical (unpaired) electrons. The second kappa shape index (κ2) is 6.16. The third-order valence-corrected chi connectivity index (χ3v) is 7.64. The first-order chi connectivity index (χ1) is 14.1. The highest BCUT2D eigenvalue weighted by Gasteiger charge is 2.62. The lowest BCUT2D eigenvalue weighted by Crippen LogP contribution is -2.59. The van der Waals surface area contributed by atoms with Crippen LogP contribution < -0.4 is 8.92 Å². The van der Waals surface area contributed by atoms with Crippen molar-refractivity contribution in [1.82, 2.24) is 4.90 Å². The zero-order valence-corrected chi connectivity index (χ0v) is 17.1. The van der Waals surface area contributed by atoms with Crippen molar-refractivity contribution in [3.05, 3.63) is 46.7 Å². The standard InChI is InChI=1S/C20H20F3NO5S/c1-3-24-9-8-19-12-5-7-15(27-2)18(19)28-17-14(29-30(25,26)20(21,22)23)6-4-11(16(17)19)10-13(12)24/h4-7,13,18H,3,8-10H2,1-2H3/t13-,18+,19+/m1/s1. The number of hydrogen-bond donors (Lipinski definition) is 0. The number of benzene rings is 1. The molecule has 30 heavy (non-hydrogen) atoms. The van der Waals surface area contributed by atoms with Crippen LogP contribution >= 0.6 is 0 Å². The monoisotopic (exact) mass is 443 g/mol. The average Bonchev–Trinajstić information content (AvgIpc) is 3.03. The molecule has 0 N–H and O–H groups in total. The molecule has 1 aromatic carbocycles. The maximum absolute atomic E-state index is 12.9. The van der Waals surface area contributed by atoms with Crippen molar-refractivity contribution in [3.8, 4) is 11.5 Å². The molecule has 162 valence electrons. The Kier molecular flexibility index (Phi) is 4.06. The third-order valence-electron chi connectivity index (χ3n) is 6.67.